The Morgan fingerprint density at radius 3 is 2.18 bits per heavy atom. The Bertz CT molecular complexity index is 791. The van der Waals surface area contributed by atoms with Crippen LogP contribution >= 0.6 is 0 Å². The minimum Gasteiger partial charge on any atom is -0.392 e. The number of halogens is 3. The summed E-state index contributed by atoms with van der Waals surface area (Å²) in [7, 11) is 0. The zero-order chi connectivity index (χ0) is 15.7. The zero-order valence-electron chi connectivity index (χ0n) is 11.6. The molecule has 0 atom stereocenters. The van der Waals surface area contributed by atoms with E-state index in [1.54, 1.807) is 48.5 Å². The maximum atomic E-state index is 13.5. The molecule has 0 saturated heterocycles. The molecule has 2 nitrogen and oxygen atoms in total. The summed E-state index contributed by atoms with van der Waals surface area (Å²) in [5, 5.41) is 9.88. The van der Waals surface area contributed by atoms with Crippen LogP contribution in [0.15, 0.2) is 54.6 Å². The molecule has 0 spiro atoms. The molecule has 3 rings (SSSR count). The summed E-state index contributed by atoms with van der Waals surface area (Å²) in [6.07, 6.45) is -4.52. The number of aromatic nitrogens is 1. The quantitative estimate of drug-likeness (QED) is 0.771. The number of nitrogens with zero attached hydrogens (tertiary/aromatic N) is 1. The number of alkyl halides is 3. The van der Waals surface area contributed by atoms with Crippen molar-refractivity contribution in [3.05, 3.63) is 71.4 Å². The average Bonchev–Trinajstić information content (AvgIpc) is 2.82. The smallest absolute Gasteiger partial charge is 0.392 e. The third-order valence-corrected chi connectivity index (χ3v) is 3.69. The van der Waals surface area contributed by atoms with E-state index in [0.29, 0.717) is 10.9 Å². The summed E-state index contributed by atoms with van der Waals surface area (Å²) in [6.45, 7) is -0.534. The number of fused-ring (bicyclic) bond motifs is 1. The van der Waals surface area contributed by atoms with E-state index in [9.17, 15) is 18.3 Å². The molecule has 2 aromatic carbocycles. The molecule has 0 saturated carbocycles. The fourth-order valence-electron chi connectivity index (χ4n) is 2.79. The van der Waals surface area contributed by atoms with Gasteiger partial charge in [-0.05, 0) is 11.6 Å². The first-order valence-corrected chi connectivity index (χ1v) is 6.84. The Morgan fingerprint density at radius 2 is 1.55 bits per heavy atom. The molecular weight excluding hydrogens is 291 g/mol. The topological polar surface area (TPSA) is 25.2 Å². The number of hydrogen-bond donors (Lipinski definition) is 1. The van der Waals surface area contributed by atoms with Crippen molar-refractivity contribution < 1.29 is 18.3 Å². The molecule has 0 bridgehead atoms. The lowest BCUT2D eigenvalue weighted by molar-refractivity contribution is -0.144. The van der Waals surface area contributed by atoms with E-state index >= 15 is 0 Å². The molecule has 3 aromatic rings. The lowest BCUT2D eigenvalue weighted by atomic mass is 10.1. The fraction of sp³-hybridized carbons (Fsp3) is 0.176. The minimum atomic E-state index is -4.52. The van der Waals surface area contributed by atoms with E-state index in [4.69, 9.17) is 0 Å². The minimum absolute atomic E-state index is 0.0703. The summed E-state index contributed by atoms with van der Waals surface area (Å²) >= 11 is 0. The van der Waals surface area contributed by atoms with E-state index in [1.807, 2.05) is 6.07 Å². The molecule has 1 N–H and O–H groups in total. The van der Waals surface area contributed by atoms with E-state index in [2.05, 4.69) is 0 Å². The molecule has 1 heterocycles. The first-order chi connectivity index (χ1) is 10.5. The Balaban J connectivity index is 2.27. The molecule has 1 aromatic heterocycles. The highest BCUT2D eigenvalue weighted by Crippen LogP contribution is 2.38. The predicted molar refractivity (Wildman–Crippen MR) is 78.4 cm³/mol. The molecule has 0 aliphatic rings. The van der Waals surface area contributed by atoms with Gasteiger partial charge in [0, 0.05) is 23.0 Å². The van der Waals surface area contributed by atoms with Crippen molar-refractivity contribution in [1.29, 1.82) is 0 Å². The first-order valence-electron chi connectivity index (χ1n) is 6.84. The van der Waals surface area contributed by atoms with Crippen LogP contribution in [-0.4, -0.2) is 9.67 Å². The van der Waals surface area contributed by atoms with Gasteiger partial charge in [0.1, 0.15) is 5.69 Å². The number of aliphatic hydroxyl groups is 1. The molecule has 0 radical (unpaired) electrons. The van der Waals surface area contributed by atoms with E-state index in [-0.39, 0.29) is 12.1 Å². The van der Waals surface area contributed by atoms with Gasteiger partial charge in [-0.2, -0.15) is 13.2 Å². The monoisotopic (exact) mass is 305 g/mol. The molecule has 0 fully saturated rings. The van der Waals surface area contributed by atoms with Crippen molar-refractivity contribution in [3.63, 3.8) is 0 Å². The van der Waals surface area contributed by atoms with Crippen LogP contribution in [0.25, 0.3) is 10.9 Å². The highest BCUT2D eigenvalue weighted by Gasteiger charge is 2.38. The second-order valence-corrected chi connectivity index (χ2v) is 5.07. The van der Waals surface area contributed by atoms with Crippen LogP contribution in [0.1, 0.15) is 16.8 Å². The third-order valence-electron chi connectivity index (χ3n) is 3.69. The second kappa shape index (κ2) is 5.50. The van der Waals surface area contributed by atoms with E-state index < -0.39 is 18.5 Å². The van der Waals surface area contributed by atoms with E-state index in [1.165, 1.54) is 4.57 Å². The highest BCUT2D eigenvalue weighted by molar-refractivity contribution is 5.85. The van der Waals surface area contributed by atoms with Crippen LogP contribution in [0.4, 0.5) is 13.2 Å². The Morgan fingerprint density at radius 1 is 0.909 bits per heavy atom. The molecule has 22 heavy (non-hydrogen) atoms. The van der Waals surface area contributed by atoms with Crippen molar-refractivity contribution >= 4 is 10.9 Å². The first kappa shape index (κ1) is 14.7. The van der Waals surface area contributed by atoms with Gasteiger partial charge in [0.15, 0.2) is 0 Å². The maximum Gasteiger partial charge on any atom is 0.431 e. The van der Waals surface area contributed by atoms with Crippen LogP contribution in [0, 0.1) is 0 Å². The number of para-hydroxylation sites is 1. The summed E-state index contributed by atoms with van der Waals surface area (Å²) in [5.74, 6) is 0. The molecule has 114 valence electrons. The molecule has 0 aliphatic carbocycles. The SMILES string of the molecule is OCc1c(C(F)(F)F)n(Cc2ccccc2)c2ccccc12. The van der Waals surface area contributed by atoms with Crippen LogP contribution in [0.5, 0.6) is 0 Å². The van der Waals surface area contributed by atoms with Crippen molar-refractivity contribution in [1.82, 2.24) is 4.57 Å². The maximum absolute atomic E-state index is 13.5. The molecule has 5 heteroatoms. The van der Waals surface area contributed by atoms with Gasteiger partial charge in [-0.1, -0.05) is 48.5 Å². The van der Waals surface area contributed by atoms with Crippen LogP contribution < -0.4 is 0 Å². The Hall–Kier alpha value is -2.27. The van der Waals surface area contributed by atoms with Gasteiger partial charge < -0.3 is 9.67 Å². The molecule has 0 unspecified atom stereocenters. The fourth-order valence-corrected chi connectivity index (χ4v) is 2.79. The van der Waals surface area contributed by atoms with Gasteiger partial charge in [0.2, 0.25) is 0 Å². The summed E-state index contributed by atoms with van der Waals surface area (Å²) in [4.78, 5) is 0. The molecule has 0 amide bonds. The van der Waals surface area contributed by atoms with Crippen LogP contribution in [-0.2, 0) is 19.3 Å². The van der Waals surface area contributed by atoms with Crippen molar-refractivity contribution in [3.8, 4) is 0 Å². The van der Waals surface area contributed by atoms with Gasteiger partial charge >= 0.3 is 6.18 Å². The Kier molecular flexibility index (Phi) is 3.66. The molecular formula is C17H14F3NO. The van der Waals surface area contributed by atoms with Crippen molar-refractivity contribution in [2.45, 2.75) is 19.3 Å². The summed E-state index contributed by atoms with van der Waals surface area (Å²) in [6, 6.07) is 15.6. The average molecular weight is 305 g/mol. The van der Waals surface area contributed by atoms with Gasteiger partial charge in [-0.3, -0.25) is 0 Å². The third kappa shape index (κ3) is 2.48. The van der Waals surface area contributed by atoms with Crippen LogP contribution in [0.2, 0.25) is 0 Å². The Labute approximate surface area is 125 Å². The molecule has 0 aliphatic heterocycles. The van der Waals surface area contributed by atoms with Crippen molar-refractivity contribution in [2.75, 3.05) is 0 Å². The van der Waals surface area contributed by atoms with Crippen LogP contribution in [0.3, 0.4) is 0 Å². The number of benzene rings is 2. The van der Waals surface area contributed by atoms with Gasteiger partial charge in [-0.15, -0.1) is 0 Å². The van der Waals surface area contributed by atoms with Gasteiger partial charge in [0.25, 0.3) is 0 Å². The number of aliphatic hydroxyl groups excluding tert-OH is 1. The van der Waals surface area contributed by atoms with E-state index in [0.717, 1.165) is 5.56 Å². The van der Waals surface area contributed by atoms with Gasteiger partial charge in [0.05, 0.1) is 6.61 Å². The normalized spacial score (nSPS) is 12.0. The second-order valence-electron chi connectivity index (χ2n) is 5.07. The lowest BCUT2D eigenvalue weighted by Crippen LogP contribution is -2.16. The predicted octanol–water partition coefficient (Wildman–Crippen LogP) is 4.20. The summed E-state index contributed by atoms with van der Waals surface area (Å²) in [5.41, 5.74) is 0.403. The lowest BCUT2D eigenvalue weighted by Gasteiger charge is -2.14. The number of hydrogen-bond acceptors (Lipinski definition) is 1. The number of rotatable bonds is 3. The summed E-state index contributed by atoms with van der Waals surface area (Å²) < 4.78 is 41.7. The van der Waals surface area contributed by atoms with Crippen molar-refractivity contribution in [2.24, 2.45) is 0 Å². The standard InChI is InChI=1S/C17H14F3NO/c18-17(19,20)16-14(11-22)13-8-4-5-9-15(13)21(16)10-12-6-2-1-3-7-12/h1-9,22H,10-11H2. The van der Waals surface area contributed by atoms with Gasteiger partial charge in [-0.25, -0.2) is 0 Å². The largest absolute Gasteiger partial charge is 0.431 e. The zero-order valence-corrected chi connectivity index (χ0v) is 11.6. The highest BCUT2D eigenvalue weighted by atomic mass is 19.4.